The zero-order chi connectivity index (χ0) is 31.5. The smallest absolute Gasteiger partial charge is 0.406 e. The molecule has 0 bridgehead atoms. The number of alkyl halides is 6. The highest BCUT2D eigenvalue weighted by Gasteiger charge is 2.61. The van der Waals surface area contributed by atoms with Crippen molar-refractivity contribution in [2.45, 2.75) is 43.8 Å². The molecule has 1 aliphatic rings. The highest BCUT2D eigenvalue weighted by atomic mass is 35.5. The van der Waals surface area contributed by atoms with Crippen LogP contribution in [-0.4, -0.2) is 85.0 Å². The number of amides is 2. The zero-order valence-electron chi connectivity index (χ0n) is 23.1. The molecule has 1 aromatic heterocycles. The first-order chi connectivity index (χ1) is 19.4. The number of halogens is 7. The lowest BCUT2D eigenvalue weighted by atomic mass is 9.90. The molecule has 8 nitrogen and oxygen atoms in total. The molecule has 232 valence electrons. The van der Waals surface area contributed by atoms with E-state index in [2.05, 4.69) is 9.72 Å². The second-order valence-electron chi connectivity index (χ2n) is 10.3. The first-order valence-corrected chi connectivity index (χ1v) is 13.4. The number of hydrogen-bond acceptors (Lipinski definition) is 6. The van der Waals surface area contributed by atoms with E-state index in [0.29, 0.717) is 49.4 Å². The van der Waals surface area contributed by atoms with Gasteiger partial charge in [-0.1, -0.05) is 23.7 Å². The molecule has 3 rings (SSSR count). The molecule has 2 heterocycles. The monoisotopic (exact) mass is 624 g/mol. The van der Waals surface area contributed by atoms with Crippen LogP contribution in [0.1, 0.15) is 41.6 Å². The third-order valence-corrected chi connectivity index (χ3v) is 7.36. The van der Waals surface area contributed by atoms with E-state index in [1.165, 1.54) is 4.90 Å². The minimum Gasteiger partial charge on any atom is -0.406 e. The molecule has 1 fully saturated rings. The topological polar surface area (TPSA) is 86.2 Å². The fourth-order valence-electron chi connectivity index (χ4n) is 4.77. The van der Waals surface area contributed by atoms with Gasteiger partial charge < -0.3 is 24.5 Å². The number of aliphatic hydroxyl groups is 1. The Bertz CT molecular complexity index is 1270. The fourth-order valence-corrected chi connectivity index (χ4v) is 5.00. The number of nitrogens with zero attached hydrogens (tertiary/aromatic N) is 4. The summed E-state index contributed by atoms with van der Waals surface area (Å²) < 4.78 is 83.3. The van der Waals surface area contributed by atoms with Gasteiger partial charge in [-0.25, -0.2) is 4.98 Å². The quantitative estimate of drug-likeness (QED) is 0.303. The summed E-state index contributed by atoms with van der Waals surface area (Å²) in [6, 6.07) is 5.99. The number of rotatable bonds is 9. The predicted molar refractivity (Wildman–Crippen MR) is 142 cm³/mol. The van der Waals surface area contributed by atoms with E-state index >= 15 is 0 Å². The van der Waals surface area contributed by atoms with Gasteiger partial charge in [0, 0.05) is 46.3 Å². The number of ether oxygens (including phenoxy) is 1. The third-order valence-electron chi connectivity index (χ3n) is 7.07. The second kappa shape index (κ2) is 12.9. The summed E-state index contributed by atoms with van der Waals surface area (Å²) in [6.45, 7) is 1.15. The van der Waals surface area contributed by atoms with Crippen LogP contribution in [0.3, 0.4) is 0 Å². The van der Waals surface area contributed by atoms with E-state index in [0.717, 1.165) is 36.9 Å². The SMILES string of the molecule is CN(C)C(=O)c1ccc(N2CCC(CCCN(C)C(=O)C(O)(c3cccc(OC(F)(F)F)c3)C(F)(F)F)CC2)nc1Cl. The molecule has 1 saturated heterocycles. The van der Waals surface area contributed by atoms with E-state index in [1.54, 1.807) is 26.2 Å². The number of benzene rings is 1. The summed E-state index contributed by atoms with van der Waals surface area (Å²) in [4.78, 5) is 33.5. The van der Waals surface area contributed by atoms with Gasteiger partial charge in [0.2, 0.25) is 0 Å². The van der Waals surface area contributed by atoms with Crippen LogP contribution >= 0.6 is 11.6 Å². The second-order valence-corrected chi connectivity index (χ2v) is 10.6. The Morgan fingerprint density at radius 3 is 2.26 bits per heavy atom. The van der Waals surface area contributed by atoms with Crippen molar-refractivity contribution in [1.82, 2.24) is 14.8 Å². The molecule has 15 heteroatoms. The van der Waals surface area contributed by atoms with E-state index in [9.17, 15) is 41.0 Å². The van der Waals surface area contributed by atoms with Crippen molar-refractivity contribution >= 4 is 29.2 Å². The van der Waals surface area contributed by atoms with Crippen molar-refractivity contribution in [2.24, 2.45) is 5.92 Å². The largest absolute Gasteiger partial charge is 0.573 e. The van der Waals surface area contributed by atoms with Crippen molar-refractivity contribution in [2.75, 3.05) is 45.7 Å². The molecular formula is C27H31ClF6N4O4. The predicted octanol–water partition coefficient (Wildman–Crippen LogP) is 5.24. The van der Waals surface area contributed by atoms with Gasteiger partial charge in [-0.2, -0.15) is 13.2 Å². The lowest BCUT2D eigenvalue weighted by Crippen LogP contribution is -2.55. The van der Waals surface area contributed by atoms with Gasteiger partial charge in [0.05, 0.1) is 5.56 Å². The van der Waals surface area contributed by atoms with Gasteiger partial charge in [0.1, 0.15) is 16.7 Å². The molecule has 1 unspecified atom stereocenters. The molecule has 1 atom stereocenters. The average molecular weight is 625 g/mol. The number of hydrogen-bond donors (Lipinski definition) is 1. The number of piperidine rings is 1. The molecule has 0 spiro atoms. The maximum Gasteiger partial charge on any atom is 0.573 e. The van der Waals surface area contributed by atoms with Gasteiger partial charge in [0.25, 0.3) is 17.4 Å². The minimum absolute atomic E-state index is 0.0967. The molecule has 1 aromatic carbocycles. The van der Waals surface area contributed by atoms with Gasteiger partial charge in [-0.3, -0.25) is 9.59 Å². The number of aromatic nitrogens is 1. The first kappa shape index (κ1) is 33.2. The average Bonchev–Trinajstić information content (AvgIpc) is 2.90. The van der Waals surface area contributed by atoms with Gasteiger partial charge >= 0.3 is 12.5 Å². The lowest BCUT2D eigenvalue weighted by molar-refractivity contribution is -0.274. The van der Waals surface area contributed by atoms with Crippen LogP contribution in [0, 0.1) is 5.92 Å². The Morgan fingerprint density at radius 1 is 1.07 bits per heavy atom. The van der Waals surface area contributed by atoms with Crippen molar-refractivity contribution in [3.05, 3.63) is 52.7 Å². The van der Waals surface area contributed by atoms with Crippen LogP contribution in [0.5, 0.6) is 5.75 Å². The normalized spacial score (nSPS) is 16.1. The fraction of sp³-hybridized carbons (Fsp3) is 0.519. The van der Waals surface area contributed by atoms with Crippen LogP contribution in [0.15, 0.2) is 36.4 Å². The molecule has 0 aliphatic carbocycles. The van der Waals surface area contributed by atoms with Gasteiger partial charge in [-0.05, 0) is 55.9 Å². The number of pyridine rings is 1. The molecule has 1 N–H and O–H groups in total. The summed E-state index contributed by atoms with van der Waals surface area (Å²) in [5.41, 5.74) is -4.87. The van der Waals surface area contributed by atoms with Crippen LogP contribution in [0.25, 0.3) is 0 Å². The molecule has 42 heavy (non-hydrogen) atoms. The Morgan fingerprint density at radius 2 is 1.71 bits per heavy atom. The van der Waals surface area contributed by atoms with Crippen molar-refractivity contribution in [1.29, 1.82) is 0 Å². The summed E-state index contributed by atoms with van der Waals surface area (Å²) in [5, 5.41) is 10.7. The summed E-state index contributed by atoms with van der Waals surface area (Å²) >= 11 is 6.22. The molecule has 1 aliphatic heterocycles. The molecule has 0 saturated carbocycles. The first-order valence-electron chi connectivity index (χ1n) is 13.0. The highest BCUT2D eigenvalue weighted by Crippen LogP contribution is 2.42. The summed E-state index contributed by atoms with van der Waals surface area (Å²) in [6.07, 6.45) is -8.27. The van der Waals surface area contributed by atoms with E-state index < -0.39 is 35.4 Å². The van der Waals surface area contributed by atoms with Crippen molar-refractivity contribution in [3.63, 3.8) is 0 Å². The van der Waals surface area contributed by atoms with E-state index in [-0.39, 0.29) is 23.5 Å². The maximum absolute atomic E-state index is 14.0. The molecule has 0 radical (unpaired) electrons. The number of anilines is 1. The number of carbonyl (C=O) groups excluding carboxylic acids is 2. The lowest BCUT2D eigenvalue weighted by Gasteiger charge is -2.34. The van der Waals surface area contributed by atoms with Crippen molar-refractivity contribution < 1.29 is 45.8 Å². The molecular weight excluding hydrogens is 594 g/mol. The molecule has 2 amide bonds. The van der Waals surface area contributed by atoms with E-state index in [4.69, 9.17) is 11.6 Å². The third kappa shape index (κ3) is 7.77. The number of likely N-dealkylation sites (N-methyl/N-ethyl adjacent to an activating group) is 1. The Kier molecular flexibility index (Phi) is 10.2. The van der Waals surface area contributed by atoms with Crippen LogP contribution in [0.2, 0.25) is 5.15 Å². The van der Waals surface area contributed by atoms with Gasteiger partial charge in [0.15, 0.2) is 0 Å². The van der Waals surface area contributed by atoms with Gasteiger partial charge in [-0.15, -0.1) is 13.2 Å². The Hall–Kier alpha value is -3.26. The standard InChI is InChI=1S/C27H31ClF6N4O4/c1-36(2)23(39)20-9-10-21(35-22(20)28)38-14-11-17(12-15-38)6-5-13-37(3)24(40)25(41,26(29,30)31)18-7-4-8-19(16-18)42-27(32,33)34/h4,7-10,16-17,41H,5-6,11-15H2,1-3H3. The van der Waals surface area contributed by atoms with Crippen LogP contribution < -0.4 is 9.64 Å². The van der Waals surface area contributed by atoms with Crippen LogP contribution in [0.4, 0.5) is 32.2 Å². The summed E-state index contributed by atoms with van der Waals surface area (Å²) in [7, 11) is 4.31. The highest BCUT2D eigenvalue weighted by molar-refractivity contribution is 6.32. The maximum atomic E-state index is 14.0. The number of carbonyl (C=O) groups is 2. The minimum atomic E-state index is -5.52. The van der Waals surface area contributed by atoms with Crippen molar-refractivity contribution in [3.8, 4) is 5.75 Å². The molecule has 2 aromatic rings. The zero-order valence-corrected chi connectivity index (χ0v) is 23.9. The van der Waals surface area contributed by atoms with E-state index in [1.807, 2.05) is 4.90 Å². The van der Waals surface area contributed by atoms with Crippen LogP contribution in [-0.2, 0) is 10.4 Å². The summed E-state index contributed by atoms with van der Waals surface area (Å²) in [5.74, 6) is -2.14. The Labute approximate surface area is 243 Å². The Balaban J connectivity index is 1.58.